The Bertz CT molecular complexity index is 416. The summed E-state index contributed by atoms with van der Waals surface area (Å²) in [5.74, 6) is 0.981. The van der Waals surface area contributed by atoms with Gasteiger partial charge in [0.05, 0.1) is 0 Å². The summed E-state index contributed by atoms with van der Waals surface area (Å²) in [5.41, 5.74) is 2.85. The molecular formula is C12H12O2. The first-order chi connectivity index (χ1) is 6.68. The van der Waals surface area contributed by atoms with Crippen molar-refractivity contribution in [3.8, 4) is 5.75 Å². The normalized spacial score (nSPS) is 14.0. The average molecular weight is 188 g/mol. The van der Waals surface area contributed by atoms with Crippen LogP contribution in [0.1, 0.15) is 18.1 Å². The summed E-state index contributed by atoms with van der Waals surface area (Å²) in [6.07, 6.45) is 1.91. The van der Waals surface area contributed by atoms with Gasteiger partial charge < -0.3 is 4.74 Å². The molecule has 0 saturated heterocycles. The highest BCUT2D eigenvalue weighted by molar-refractivity contribution is 5.99. The highest BCUT2D eigenvalue weighted by Crippen LogP contribution is 2.29. The molecule has 0 spiro atoms. The Morgan fingerprint density at radius 3 is 2.93 bits per heavy atom. The molecule has 0 fully saturated rings. The lowest BCUT2D eigenvalue weighted by molar-refractivity contribution is -0.113. The molecule has 0 aromatic heterocycles. The molecule has 72 valence electrons. The molecule has 0 bridgehead atoms. The minimum absolute atomic E-state index is 0.0807. The molecule has 0 atom stereocenters. The Balaban J connectivity index is 2.50. The molecule has 1 aliphatic rings. The minimum Gasteiger partial charge on any atom is -0.488 e. The smallest absolute Gasteiger partial charge is 0.159 e. The van der Waals surface area contributed by atoms with Gasteiger partial charge in [0.1, 0.15) is 12.4 Å². The summed E-state index contributed by atoms with van der Waals surface area (Å²) >= 11 is 0. The van der Waals surface area contributed by atoms with E-state index in [0.717, 1.165) is 22.4 Å². The Kier molecular flexibility index (Phi) is 2.12. The van der Waals surface area contributed by atoms with Gasteiger partial charge in [0.2, 0.25) is 0 Å². The van der Waals surface area contributed by atoms with E-state index in [9.17, 15) is 4.79 Å². The van der Waals surface area contributed by atoms with Crippen molar-refractivity contribution >= 4 is 11.9 Å². The van der Waals surface area contributed by atoms with E-state index >= 15 is 0 Å². The van der Waals surface area contributed by atoms with Crippen molar-refractivity contribution in [2.45, 2.75) is 13.8 Å². The van der Waals surface area contributed by atoms with Crippen LogP contribution in [0.2, 0.25) is 0 Å². The second-order valence-corrected chi connectivity index (χ2v) is 3.51. The molecule has 2 rings (SSSR count). The molecule has 0 N–H and O–H groups in total. The molecule has 0 unspecified atom stereocenters. The maximum Gasteiger partial charge on any atom is 0.159 e. The Morgan fingerprint density at radius 2 is 2.21 bits per heavy atom. The number of para-hydroxylation sites is 1. The lowest BCUT2D eigenvalue weighted by Gasteiger charge is -2.18. The SMILES string of the molecule is CC(=O)C1=Cc2cccc(C)c2OC1. The summed E-state index contributed by atoms with van der Waals surface area (Å²) in [6, 6.07) is 5.94. The third-order valence-electron chi connectivity index (χ3n) is 2.40. The van der Waals surface area contributed by atoms with Crippen LogP contribution in [0.25, 0.3) is 6.08 Å². The molecule has 0 amide bonds. The van der Waals surface area contributed by atoms with Gasteiger partial charge in [0.25, 0.3) is 0 Å². The van der Waals surface area contributed by atoms with E-state index in [1.807, 2.05) is 31.2 Å². The highest BCUT2D eigenvalue weighted by atomic mass is 16.5. The number of hydrogen-bond acceptors (Lipinski definition) is 2. The third kappa shape index (κ3) is 1.43. The zero-order valence-corrected chi connectivity index (χ0v) is 8.33. The van der Waals surface area contributed by atoms with Gasteiger partial charge in [0.15, 0.2) is 5.78 Å². The van der Waals surface area contributed by atoms with Crippen LogP contribution in [-0.2, 0) is 4.79 Å². The van der Waals surface area contributed by atoms with Crippen molar-refractivity contribution in [1.29, 1.82) is 0 Å². The molecule has 2 nitrogen and oxygen atoms in total. The van der Waals surface area contributed by atoms with Crippen LogP contribution in [-0.4, -0.2) is 12.4 Å². The van der Waals surface area contributed by atoms with Crippen molar-refractivity contribution in [3.63, 3.8) is 0 Å². The molecule has 0 aliphatic carbocycles. The molecule has 0 radical (unpaired) electrons. The number of benzene rings is 1. The lowest BCUT2D eigenvalue weighted by atomic mass is 10.0. The van der Waals surface area contributed by atoms with E-state index in [2.05, 4.69) is 0 Å². The van der Waals surface area contributed by atoms with Gasteiger partial charge in [-0.1, -0.05) is 18.2 Å². The van der Waals surface area contributed by atoms with Gasteiger partial charge in [-0.25, -0.2) is 0 Å². The van der Waals surface area contributed by atoms with Crippen LogP contribution in [0, 0.1) is 6.92 Å². The lowest BCUT2D eigenvalue weighted by Crippen LogP contribution is -2.13. The number of carbonyl (C=O) groups is 1. The average Bonchev–Trinajstić information content (AvgIpc) is 2.17. The highest BCUT2D eigenvalue weighted by Gasteiger charge is 2.15. The van der Waals surface area contributed by atoms with Crippen LogP contribution in [0.4, 0.5) is 0 Å². The number of carbonyl (C=O) groups excluding carboxylic acids is 1. The monoisotopic (exact) mass is 188 g/mol. The van der Waals surface area contributed by atoms with Crippen LogP contribution in [0.3, 0.4) is 0 Å². The van der Waals surface area contributed by atoms with Gasteiger partial charge in [-0.3, -0.25) is 4.79 Å². The summed E-state index contributed by atoms with van der Waals surface area (Å²) in [7, 11) is 0. The Labute approximate surface area is 83.2 Å². The Hall–Kier alpha value is -1.57. The summed E-state index contributed by atoms with van der Waals surface area (Å²) in [6.45, 7) is 3.97. The third-order valence-corrected chi connectivity index (χ3v) is 2.40. The molecule has 1 aromatic carbocycles. The summed E-state index contributed by atoms with van der Waals surface area (Å²) in [4.78, 5) is 11.1. The number of aryl methyl sites for hydroxylation is 1. The van der Waals surface area contributed by atoms with Gasteiger partial charge in [-0.2, -0.15) is 0 Å². The molecule has 0 saturated carbocycles. The Morgan fingerprint density at radius 1 is 1.43 bits per heavy atom. The first-order valence-electron chi connectivity index (χ1n) is 4.62. The fourth-order valence-corrected chi connectivity index (χ4v) is 1.57. The first-order valence-corrected chi connectivity index (χ1v) is 4.62. The van der Waals surface area contributed by atoms with Crippen LogP contribution in [0.15, 0.2) is 23.8 Å². The minimum atomic E-state index is 0.0807. The number of fused-ring (bicyclic) bond motifs is 1. The van der Waals surface area contributed by atoms with Crippen molar-refractivity contribution in [2.24, 2.45) is 0 Å². The quantitative estimate of drug-likeness (QED) is 0.676. The van der Waals surface area contributed by atoms with Gasteiger partial charge in [-0.05, 0) is 25.5 Å². The number of hydrogen-bond donors (Lipinski definition) is 0. The molecule has 14 heavy (non-hydrogen) atoms. The van der Waals surface area contributed by atoms with E-state index in [0.29, 0.717) is 6.61 Å². The standard InChI is InChI=1S/C12H12O2/c1-8-4-3-5-10-6-11(9(2)13)7-14-12(8)10/h3-6H,7H2,1-2H3. The summed E-state index contributed by atoms with van der Waals surface area (Å²) < 4.78 is 5.54. The van der Waals surface area contributed by atoms with Gasteiger partial charge >= 0.3 is 0 Å². The topological polar surface area (TPSA) is 26.3 Å². The zero-order chi connectivity index (χ0) is 10.1. The van der Waals surface area contributed by atoms with Gasteiger partial charge in [-0.15, -0.1) is 0 Å². The maximum atomic E-state index is 11.1. The van der Waals surface area contributed by atoms with Crippen molar-refractivity contribution < 1.29 is 9.53 Å². The number of rotatable bonds is 1. The van der Waals surface area contributed by atoms with Crippen LogP contribution in [0.5, 0.6) is 5.75 Å². The van der Waals surface area contributed by atoms with Crippen molar-refractivity contribution in [1.82, 2.24) is 0 Å². The largest absolute Gasteiger partial charge is 0.488 e. The maximum absolute atomic E-state index is 11.1. The fraction of sp³-hybridized carbons (Fsp3) is 0.250. The number of ketones is 1. The number of ether oxygens (including phenoxy) is 1. The van der Waals surface area contributed by atoms with Crippen molar-refractivity contribution in [3.05, 3.63) is 34.9 Å². The fourth-order valence-electron chi connectivity index (χ4n) is 1.57. The molecule has 1 aliphatic heterocycles. The van der Waals surface area contributed by atoms with E-state index in [4.69, 9.17) is 4.74 Å². The second kappa shape index (κ2) is 3.29. The zero-order valence-electron chi connectivity index (χ0n) is 8.33. The molecule has 1 aromatic rings. The van der Waals surface area contributed by atoms with E-state index < -0.39 is 0 Å². The number of Topliss-reactive ketones (excluding diaryl/α,β-unsaturated/α-hetero) is 1. The van der Waals surface area contributed by atoms with Crippen LogP contribution >= 0.6 is 0 Å². The van der Waals surface area contributed by atoms with Gasteiger partial charge in [0, 0.05) is 11.1 Å². The second-order valence-electron chi connectivity index (χ2n) is 3.51. The van der Waals surface area contributed by atoms with Crippen LogP contribution < -0.4 is 4.74 Å². The van der Waals surface area contributed by atoms with E-state index in [1.54, 1.807) is 6.92 Å². The molecule has 1 heterocycles. The summed E-state index contributed by atoms with van der Waals surface area (Å²) in [5, 5.41) is 0. The molecule has 2 heteroatoms. The first kappa shape index (κ1) is 9.00. The van der Waals surface area contributed by atoms with E-state index in [1.165, 1.54) is 0 Å². The predicted molar refractivity (Wildman–Crippen MR) is 55.3 cm³/mol. The van der Waals surface area contributed by atoms with Crippen molar-refractivity contribution in [2.75, 3.05) is 6.61 Å². The predicted octanol–water partition coefficient (Wildman–Crippen LogP) is 2.36. The van der Waals surface area contributed by atoms with E-state index in [-0.39, 0.29) is 5.78 Å². The molecular weight excluding hydrogens is 176 g/mol.